The summed E-state index contributed by atoms with van der Waals surface area (Å²) >= 11 is 0. The Morgan fingerprint density at radius 2 is 1.14 bits per heavy atom. The maximum Gasteiger partial charge on any atom is 0.307 e. The van der Waals surface area contributed by atoms with Gasteiger partial charge in [-0.3, -0.25) is 9.59 Å². The SMILES string of the molecule is CC(C)(C)C(CC(=O)O)C(=O)O.CC(C)(C)CC(C)(C)C. The summed E-state index contributed by atoms with van der Waals surface area (Å²) in [5, 5.41) is 17.1. The molecule has 21 heavy (non-hydrogen) atoms. The Morgan fingerprint density at radius 3 is 1.19 bits per heavy atom. The van der Waals surface area contributed by atoms with Gasteiger partial charge in [0.2, 0.25) is 0 Å². The smallest absolute Gasteiger partial charge is 0.307 e. The van der Waals surface area contributed by atoms with Crippen molar-refractivity contribution in [1.29, 1.82) is 0 Å². The third-order valence-electron chi connectivity index (χ3n) is 2.78. The van der Waals surface area contributed by atoms with Crippen LogP contribution in [0.1, 0.15) is 75.2 Å². The minimum Gasteiger partial charge on any atom is -0.481 e. The van der Waals surface area contributed by atoms with Crippen molar-refractivity contribution < 1.29 is 19.8 Å². The van der Waals surface area contributed by atoms with Gasteiger partial charge in [-0.15, -0.1) is 0 Å². The topological polar surface area (TPSA) is 74.6 Å². The predicted molar refractivity (Wildman–Crippen MR) is 86.4 cm³/mol. The Balaban J connectivity index is 0. The van der Waals surface area contributed by atoms with Gasteiger partial charge in [-0.25, -0.2) is 0 Å². The third-order valence-corrected chi connectivity index (χ3v) is 2.78. The standard InChI is InChI=1S/C9H20.C8H14O4/c1-8(2,3)7-9(4,5)6;1-8(2,3)5(7(11)12)4-6(9)10/h7H2,1-6H3;5H,4H2,1-3H3,(H,9,10)(H,11,12). The Kier molecular flexibility index (Phi) is 8.26. The molecule has 0 spiro atoms. The average Bonchev–Trinajstić information content (AvgIpc) is 2.05. The summed E-state index contributed by atoms with van der Waals surface area (Å²) in [7, 11) is 0. The highest BCUT2D eigenvalue weighted by molar-refractivity contribution is 5.78. The molecule has 2 N–H and O–H groups in total. The Hall–Kier alpha value is -1.06. The molecule has 126 valence electrons. The van der Waals surface area contributed by atoms with E-state index in [1.807, 2.05) is 0 Å². The van der Waals surface area contributed by atoms with Gasteiger partial charge in [-0.1, -0.05) is 62.3 Å². The second kappa shape index (κ2) is 7.81. The molecule has 4 heteroatoms. The molecule has 0 aromatic carbocycles. The second-order valence-electron chi connectivity index (χ2n) is 9.15. The molecule has 1 atom stereocenters. The van der Waals surface area contributed by atoms with E-state index in [0.29, 0.717) is 10.8 Å². The van der Waals surface area contributed by atoms with E-state index in [1.165, 1.54) is 6.42 Å². The number of carboxylic acid groups (broad SMARTS) is 2. The number of rotatable bonds is 3. The molecule has 0 heterocycles. The van der Waals surface area contributed by atoms with Crippen LogP contribution >= 0.6 is 0 Å². The van der Waals surface area contributed by atoms with Crippen LogP contribution in [0.25, 0.3) is 0 Å². The molecule has 0 aliphatic rings. The fraction of sp³-hybridized carbons (Fsp3) is 0.882. The van der Waals surface area contributed by atoms with E-state index in [0.717, 1.165) is 0 Å². The average molecular weight is 302 g/mol. The van der Waals surface area contributed by atoms with Crippen LogP contribution in [0.2, 0.25) is 0 Å². The minimum atomic E-state index is -1.07. The number of hydrogen-bond acceptors (Lipinski definition) is 2. The lowest BCUT2D eigenvalue weighted by Gasteiger charge is -2.28. The molecular weight excluding hydrogens is 268 g/mol. The summed E-state index contributed by atoms with van der Waals surface area (Å²) in [6, 6.07) is 0. The summed E-state index contributed by atoms with van der Waals surface area (Å²) in [6.07, 6.45) is 0.971. The quantitative estimate of drug-likeness (QED) is 0.794. The lowest BCUT2D eigenvalue weighted by Crippen LogP contribution is -2.30. The maximum atomic E-state index is 10.6. The molecule has 0 radical (unpaired) electrons. The van der Waals surface area contributed by atoms with Crippen LogP contribution in [-0.2, 0) is 9.59 Å². The lowest BCUT2D eigenvalue weighted by atomic mass is 9.78. The van der Waals surface area contributed by atoms with Crippen LogP contribution in [0.5, 0.6) is 0 Å². The molecule has 0 aliphatic carbocycles. The van der Waals surface area contributed by atoms with E-state index in [4.69, 9.17) is 10.2 Å². The Morgan fingerprint density at radius 1 is 0.810 bits per heavy atom. The van der Waals surface area contributed by atoms with E-state index in [2.05, 4.69) is 41.5 Å². The third kappa shape index (κ3) is 15.2. The molecular formula is C17H34O4. The highest BCUT2D eigenvalue weighted by Crippen LogP contribution is 2.32. The van der Waals surface area contributed by atoms with Gasteiger partial charge in [0, 0.05) is 0 Å². The van der Waals surface area contributed by atoms with Gasteiger partial charge in [0.1, 0.15) is 0 Å². The monoisotopic (exact) mass is 302 g/mol. The van der Waals surface area contributed by atoms with Crippen molar-refractivity contribution >= 4 is 11.9 Å². The molecule has 0 saturated heterocycles. The first-order chi connectivity index (χ1) is 8.96. The molecule has 0 aliphatic heterocycles. The van der Waals surface area contributed by atoms with Crippen molar-refractivity contribution in [3.05, 3.63) is 0 Å². The van der Waals surface area contributed by atoms with Crippen molar-refractivity contribution in [1.82, 2.24) is 0 Å². The molecule has 0 bridgehead atoms. The molecule has 0 fully saturated rings. The molecule has 0 rings (SSSR count). The Labute approximate surface area is 129 Å². The Bertz CT molecular complexity index is 325. The number of carbonyl (C=O) groups is 2. The van der Waals surface area contributed by atoms with Gasteiger partial charge in [-0.2, -0.15) is 0 Å². The number of hydrogen-bond donors (Lipinski definition) is 2. The summed E-state index contributed by atoms with van der Waals surface area (Å²) in [5.41, 5.74) is 0.459. The molecule has 0 aromatic rings. The predicted octanol–water partition coefficient (Wildman–Crippen LogP) is 4.68. The second-order valence-corrected chi connectivity index (χ2v) is 9.15. The normalized spacial score (nSPS) is 14.0. The first-order valence-corrected chi connectivity index (χ1v) is 7.40. The van der Waals surface area contributed by atoms with E-state index in [1.54, 1.807) is 20.8 Å². The van der Waals surface area contributed by atoms with Crippen molar-refractivity contribution in [3.63, 3.8) is 0 Å². The molecule has 4 nitrogen and oxygen atoms in total. The highest BCUT2D eigenvalue weighted by Gasteiger charge is 2.32. The zero-order valence-corrected chi connectivity index (χ0v) is 15.2. The molecule has 0 amide bonds. The van der Waals surface area contributed by atoms with Crippen LogP contribution in [-0.4, -0.2) is 22.2 Å². The first kappa shape index (κ1) is 22.2. The van der Waals surface area contributed by atoms with Crippen LogP contribution < -0.4 is 0 Å². The van der Waals surface area contributed by atoms with Gasteiger partial charge in [0.15, 0.2) is 0 Å². The van der Waals surface area contributed by atoms with Gasteiger partial charge in [-0.05, 0) is 22.7 Å². The van der Waals surface area contributed by atoms with Crippen molar-refractivity contribution in [3.8, 4) is 0 Å². The zero-order valence-electron chi connectivity index (χ0n) is 15.2. The van der Waals surface area contributed by atoms with Gasteiger partial charge in [0.05, 0.1) is 12.3 Å². The maximum absolute atomic E-state index is 10.6. The van der Waals surface area contributed by atoms with Gasteiger partial charge < -0.3 is 10.2 Å². The fourth-order valence-corrected chi connectivity index (χ4v) is 2.53. The largest absolute Gasteiger partial charge is 0.481 e. The van der Waals surface area contributed by atoms with Crippen molar-refractivity contribution in [2.75, 3.05) is 0 Å². The zero-order chi connectivity index (χ0) is 17.6. The van der Waals surface area contributed by atoms with E-state index < -0.39 is 23.3 Å². The van der Waals surface area contributed by atoms with Gasteiger partial charge >= 0.3 is 11.9 Å². The fourth-order valence-electron chi connectivity index (χ4n) is 2.53. The molecule has 1 unspecified atom stereocenters. The first-order valence-electron chi connectivity index (χ1n) is 7.40. The molecule has 0 saturated carbocycles. The van der Waals surface area contributed by atoms with Crippen molar-refractivity contribution in [2.45, 2.75) is 75.2 Å². The van der Waals surface area contributed by atoms with Crippen LogP contribution in [0.4, 0.5) is 0 Å². The van der Waals surface area contributed by atoms with Gasteiger partial charge in [0.25, 0.3) is 0 Å². The number of carboxylic acids is 2. The van der Waals surface area contributed by atoms with E-state index in [9.17, 15) is 9.59 Å². The summed E-state index contributed by atoms with van der Waals surface area (Å²) in [4.78, 5) is 20.9. The highest BCUT2D eigenvalue weighted by atomic mass is 16.4. The van der Waals surface area contributed by atoms with Crippen LogP contribution in [0, 0.1) is 22.2 Å². The van der Waals surface area contributed by atoms with Crippen molar-refractivity contribution in [2.24, 2.45) is 22.2 Å². The minimum absolute atomic E-state index is 0.321. The van der Waals surface area contributed by atoms with Crippen LogP contribution in [0.15, 0.2) is 0 Å². The summed E-state index contributed by atoms with van der Waals surface area (Å²) < 4.78 is 0. The van der Waals surface area contributed by atoms with E-state index >= 15 is 0 Å². The summed E-state index contributed by atoms with van der Waals surface area (Å²) in [5.74, 6) is -2.95. The molecule has 0 aromatic heterocycles. The van der Waals surface area contributed by atoms with E-state index in [-0.39, 0.29) is 6.42 Å². The van der Waals surface area contributed by atoms with Crippen LogP contribution in [0.3, 0.4) is 0 Å². The lowest BCUT2D eigenvalue weighted by molar-refractivity contribution is -0.152. The number of aliphatic carboxylic acids is 2. The summed E-state index contributed by atoms with van der Waals surface area (Å²) in [6.45, 7) is 18.9.